The van der Waals surface area contributed by atoms with Crippen LogP contribution in [0, 0.1) is 12.8 Å². The monoisotopic (exact) mass is 204 g/mol. The van der Waals surface area contributed by atoms with Gasteiger partial charge in [0.05, 0.1) is 0 Å². The fraction of sp³-hybridized carbons (Fsp3) is 0.538. The standard InChI is InChI=1S/C13H20N2/c1-9-3-6-12(8-13(9)14)15-10(2)7-11-4-5-11/h3,6,8,10-11,15H,4-5,7,14H2,1-2H3. The number of benzene rings is 1. The number of nitrogens with one attached hydrogen (secondary N) is 1. The average molecular weight is 204 g/mol. The highest BCUT2D eigenvalue weighted by atomic mass is 14.9. The first kappa shape index (κ1) is 10.3. The molecule has 1 atom stereocenters. The third kappa shape index (κ3) is 2.88. The Morgan fingerprint density at radius 1 is 1.47 bits per heavy atom. The zero-order valence-electron chi connectivity index (χ0n) is 9.59. The molecule has 0 aromatic heterocycles. The van der Waals surface area contributed by atoms with E-state index >= 15 is 0 Å². The van der Waals surface area contributed by atoms with Crippen LogP contribution in [-0.4, -0.2) is 6.04 Å². The third-order valence-corrected chi connectivity index (χ3v) is 3.08. The van der Waals surface area contributed by atoms with E-state index in [9.17, 15) is 0 Å². The second-order valence-corrected chi connectivity index (χ2v) is 4.80. The Kier molecular flexibility index (Phi) is 2.85. The minimum Gasteiger partial charge on any atom is -0.398 e. The second-order valence-electron chi connectivity index (χ2n) is 4.80. The van der Waals surface area contributed by atoms with Gasteiger partial charge in [0.1, 0.15) is 0 Å². The summed E-state index contributed by atoms with van der Waals surface area (Å²) in [5.41, 5.74) is 9.04. The normalized spacial score (nSPS) is 17.5. The molecule has 3 N–H and O–H groups in total. The zero-order valence-corrected chi connectivity index (χ0v) is 9.59. The number of rotatable bonds is 4. The first-order chi connectivity index (χ1) is 7.15. The Hall–Kier alpha value is -1.18. The third-order valence-electron chi connectivity index (χ3n) is 3.08. The molecule has 1 aliphatic carbocycles. The maximum absolute atomic E-state index is 5.87. The van der Waals surface area contributed by atoms with Crippen LogP contribution in [0.5, 0.6) is 0 Å². The SMILES string of the molecule is Cc1ccc(NC(C)CC2CC2)cc1N. The van der Waals surface area contributed by atoms with E-state index in [0.717, 1.165) is 22.9 Å². The van der Waals surface area contributed by atoms with E-state index in [1.807, 2.05) is 13.0 Å². The highest BCUT2D eigenvalue weighted by molar-refractivity contribution is 5.58. The molecule has 82 valence electrons. The lowest BCUT2D eigenvalue weighted by molar-refractivity contribution is 0.642. The van der Waals surface area contributed by atoms with Crippen LogP contribution in [-0.2, 0) is 0 Å². The van der Waals surface area contributed by atoms with Crippen molar-refractivity contribution in [1.29, 1.82) is 0 Å². The van der Waals surface area contributed by atoms with Gasteiger partial charge in [0, 0.05) is 17.4 Å². The van der Waals surface area contributed by atoms with E-state index < -0.39 is 0 Å². The van der Waals surface area contributed by atoms with E-state index in [1.165, 1.54) is 19.3 Å². The molecule has 2 heteroatoms. The molecule has 1 aromatic carbocycles. The summed E-state index contributed by atoms with van der Waals surface area (Å²) < 4.78 is 0. The molecule has 0 aliphatic heterocycles. The Balaban J connectivity index is 1.93. The smallest absolute Gasteiger partial charge is 0.0364 e. The van der Waals surface area contributed by atoms with Crippen LogP contribution >= 0.6 is 0 Å². The predicted octanol–water partition coefficient (Wildman–Crippen LogP) is 3.18. The summed E-state index contributed by atoms with van der Waals surface area (Å²) in [4.78, 5) is 0. The van der Waals surface area contributed by atoms with Crippen molar-refractivity contribution >= 4 is 11.4 Å². The van der Waals surface area contributed by atoms with Gasteiger partial charge in [0.15, 0.2) is 0 Å². The highest BCUT2D eigenvalue weighted by Crippen LogP contribution is 2.34. The second kappa shape index (κ2) is 4.13. The number of nitrogens with two attached hydrogens (primary N) is 1. The van der Waals surface area contributed by atoms with Crippen molar-refractivity contribution in [3.63, 3.8) is 0 Å². The van der Waals surface area contributed by atoms with Crippen molar-refractivity contribution in [2.24, 2.45) is 5.92 Å². The maximum atomic E-state index is 5.87. The first-order valence-corrected chi connectivity index (χ1v) is 5.78. The first-order valence-electron chi connectivity index (χ1n) is 5.78. The summed E-state index contributed by atoms with van der Waals surface area (Å²) in [7, 11) is 0. The minimum atomic E-state index is 0.555. The molecule has 2 rings (SSSR count). The van der Waals surface area contributed by atoms with Crippen molar-refractivity contribution in [2.75, 3.05) is 11.1 Å². The van der Waals surface area contributed by atoms with E-state index in [2.05, 4.69) is 24.4 Å². The Bertz CT molecular complexity index is 342. The molecule has 0 heterocycles. The van der Waals surface area contributed by atoms with E-state index in [0.29, 0.717) is 6.04 Å². The van der Waals surface area contributed by atoms with Crippen molar-refractivity contribution in [2.45, 2.75) is 39.2 Å². The van der Waals surface area contributed by atoms with Gasteiger partial charge in [0.25, 0.3) is 0 Å². The quantitative estimate of drug-likeness (QED) is 0.739. The van der Waals surface area contributed by atoms with Crippen molar-refractivity contribution in [1.82, 2.24) is 0 Å². The summed E-state index contributed by atoms with van der Waals surface area (Å²) in [6, 6.07) is 6.76. The lowest BCUT2D eigenvalue weighted by atomic mass is 10.1. The molecule has 1 fully saturated rings. The molecule has 1 aliphatic rings. The van der Waals surface area contributed by atoms with E-state index in [-0.39, 0.29) is 0 Å². The predicted molar refractivity (Wildman–Crippen MR) is 66.0 cm³/mol. The van der Waals surface area contributed by atoms with Gasteiger partial charge in [0.2, 0.25) is 0 Å². The Labute approximate surface area is 91.9 Å². The molecular formula is C13H20N2. The number of anilines is 2. The number of hydrogen-bond acceptors (Lipinski definition) is 2. The number of nitrogen functional groups attached to an aromatic ring is 1. The van der Waals surface area contributed by atoms with Crippen LogP contribution in [0.1, 0.15) is 31.7 Å². The Morgan fingerprint density at radius 3 is 2.80 bits per heavy atom. The summed E-state index contributed by atoms with van der Waals surface area (Å²) in [6.07, 6.45) is 4.12. The van der Waals surface area contributed by atoms with Crippen LogP contribution in [0.15, 0.2) is 18.2 Å². The molecule has 1 saturated carbocycles. The summed E-state index contributed by atoms with van der Waals surface area (Å²) >= 11 is 0. The van der Waals surface area contributed by atoms with Gasteiger partial charge in [-0.15, -0.1) is 0 Å². The van der Waals surface area contributed by atoms with Crippen LogP contribution in [0.25, 0.3) is 0 Å². The molecule has 0 bridgehead atoms. The van der Waals surface area contributed by atoms with Gasteiger partial charge in [-0.25, -0.2) is 0 Å². The molecule has 0 amide bonds. The van der Waals surface area contributed by atoms with Crippen molar-refractivity contribution < 1.29 is 0 Å². The maximum Gasteiger partial charge on any atom is 0.0364 e. The van der Waals surface area contributed by atoms with Crippen LogP contribution < -0.4 is 11.1 Å². The summed E-state index contributed by atoms with van der Waals surface area (Å²) in [5.74, 6) is 0.968. The summed E-state index contributed by atoms with van der Waals surface area (Å²) in [6.45, 7) is 4.28. The highest BCUT2D eigenvalue weighted by Gasteiger charge is 2.23. The molecule has 1 aromatic rings. The zero-order chi connectivity index (χ0) is 10.8. The molecule has 15 heavy (non-hydrogen) atoms. The number of hydrogen-bond donors (Lipinski definition) is 2. The molecule has 1 unspecified atom stereocenters. The fourth-order valence-corrected chi connectivity index (χ4v) is 1.93. The minimum absolute atomic E-state index is 0.555. The number of aryl methyl sites for hydroxylation is 1. The van der Waals surface area contributed by atoms with Gasteiger partial charge in [-0.1, -0.05) is 18.9 Å². The van der Waals surface area contributed by atoms with Gasteiger partial charge < -0.3 is 11.1 Å². The molecular weight excluding hydrogens is 184 g/mol. The average Bonchev–Trinajstić information content (AvgIpc) is 2.95. The summed E-state index contributed by atoms with van der Waals surface area (Å²) in [5, 5.41) is 3.50. The Morgan fingerprint density at radius 2 is 2.20 bits per heavy atom. The largest absolute Gasteiger partial charge is 0.398 e. The molecule has 0 spiro atoms. The van der Waals surface area contributed by atoms with Crippen molar-refractivity contribution in [3.05, 3.63) is 23.8 Å². The van der Waals surface area contributed by atoms with Crippen molar-refractivity contribution in [3.8, 4) is 0 Å². The van der Waals surface area contributed by atoms with Crippen LogP contribution in [0.2, 0.25) is 0 Å². The van der Waals surface area contributed by atoms with Crippen LogP contribution in [0.3, 0.4) is 0 Å². The molecule has 0 saturated heterocycles. The topological polar surface area (TPSA) is 38.0 Å². The van der Waals surface area contributed by atoms with E-state index in [4.69, 9.17) is 5.73 Å². The lowest BCUT2D eigenvalue weighted by Gasteiger charge is -2.15. The van der Waals surface area contributed by atoms with Gasteiger partial charge in [-0.3, -0.25) is 0 Å². The van der Waals surface area contributed by atoms with Gasteiger partial charge >= 0.3 is 0 Å². The van der Waals surface area contributed by atoms with E-state index in [1.54, 1.807) is 0 Å². The lowest BCUT2D eigenvalue weighted by Crippen LogP contribution is -2.15. The van der Waals surface area contributed by atoms with Gasteiger partial charge in [-0.2, -0.15) is 0 Å². The molecule has 2 nitrogen and oxygen atoms in total. The van der Waals surface area contributed by atoms with Gasteiger partial charge in [-0.05, 0) is 43.9 Å². The fourth-order valence-electron chi connectivity index (χ4n) is 1.93. The molecule has 0 radical (unpaired) electrons. The van der Waals surface area contributed by atoms with Crippen LogP contribution in [0.4, 0.5) is 11.4 Å².